The molecule has 0 bridgehead atoms. The summed E-state index contributed by atoms with van der Waals surface area (Å²) in [4.78, 5) is 2.65. The van der Waals surface area contributed by atoms with Crippen LogP contribution in [0.3, 0.4) is 0 Å². The zero-order valence-electron chi connectivity index (χ0n) is 11.8. The molecule has 2 atom stereocenters. The van der Waals surface area contributed by atoms with E-state index in [1.165, 1.54) is 32.2 Å². The highest BCUT2D eigenvalue weighted by Gasteiger charge is 2.39. The van der Waals surface area contributed by atoms with E-state index in [9.17, 15) is 5.11 Å². The number of hydrogen-bond acceptors (Lipinski definition) is 2. The number of hydrogen-bond donors (Lipinski definition) is 1. The zero-order chi connectivity index (χ0) is 12.5. The van der Waals surface area contributed by atoms with E-state index in [0.29, 0.717) is 11.5 Å². The molecule has 0 saturated heterocycles. The summed E-state index contributed by atoms with van der Waals surface area (Å²) in [6.45, 7) is 9.43. The molecule has 0 radical (unpaired) electrons. The van der Waals surface area contributed by atoms with E-state index in [1.54, 1.807) is 0 Å². The third kappa shape index (κ3) is 3.03. The van der Waals surface area contributed by atoms with Gasteiger partial charge in [0, 0.05) is 12.6 Å². The monoisotopic (exact) mass is 239 g/mol. The van der Waals surface area contributed by atoms with Crippen molar-refractivity contribution in [3.63, 3.8) is 0 Å². The molecule has 2 saturated carbocycles. The lowest BCUT2D eigenvalue weighted by Crippen LogP contribution is -2.51. The van der Waals surface area contributed by atoms with Crippen LogP contribution in [0.25, 0.3) is 0 Å². The van der Waals surface area contributed by atoms with Gasteiger partial charge in [-0.2, -0.15) is 0 Å². The fourth-order valence-electron chi connectivity index (χ4n) is 3.53. The van der Waals surface area contributed by atoms with Gasteiger partial charge in [-0.3, -0.25) is 4.90 Å². The summed E-state index contributed by atoms with van der Waals surface area (Å²) in [6.07, 6.45) is 7.35. The standard InChI is InChI=1S/C15H29NO/c1-4-16(11-12-6-5-7-12)14-10-13(17)8-9-15(14,2)3/h12-14,17H,4-11H2,1-3H3. The summed E-state index contributed by atoms with van der Waals surface area (Å²) in [6, 6.07) is 0.580. The molecule has 2 heteroatoms. The number of aliphatic hydroxyl groups excluding tert-OH is 1. The summed E-state index contributed by atoms with van der Waals surface area (Å²) in [5, 5.41) is 9.93. The van der Waals surface area contributed by atoms with Gasteiger partial charge in [0.15, 0.2) is 0 Å². The summed E-state index contributed by atoms with van der Waals surface area (Å²) < 4.78 is 0. The van der Waals surface area contributed by atoms with Crippen molar-refractivity contribution in [3.05, 3.63) is 0 Å². The van der Waals surface area contributed by atoms with Crippen LogP contribution in [0.5, 0.6) is 0 Å². The van der Waals surface area contributed by atoms with Gasteiger partial charge in [0.1, 0.15) is 0 Å². The van der Waals surface area contributed by atoms with Crippen molar-refractivity contribution in [2.45, 2.75) is 71.4 Å². The van der Waals surface area contributed by atoms with E-state index in [1.807, 2.05) is 0 Å². The van der Waals surface area contributed by atoms with Gasteiger partial charge in [-0.25, -0.2) is 0 Å². The molecule has 0 spiro atoms. The van der Waals surface area contributed by atoms with E-state index in [0.717, 1.165) is 25.3 Å². The highest BCUT2D eigenvalue weighted by atomic mass is 16.3. The van der Waals surface area contributed by atoms with Crippen LogP contribution in [0.4, 0.5) is 0 Å². The van der Waals surface area contributed by atoms with Crippen LogP contribution in [0, 0.1) is 11.3 Å². The summed E-state index contributed by atoms with van der Waals surface area (Å²) >= 11 is 0. The Labute approximate surface area is 106 Å². The van der Waals surface area contributed by atoms with Gasteiger partial charge in [-0.1, -0.05) is 27.2 Å². The average Bonchev–Trinajstić information content (AvgIpc) is 2.22. The van der Waals surface area contributed by atoms with E-state index >= 15 is 0 Å². The minimum absolute atomic E-state index is 0.0662. The molecule has 2 rings (SSSR count). The van der Waals surface area contributed by atoms with Gasteiger partial charge in [0.2, 0.25) is 0 Å². The van der Waals surface area contributed by atoms with E-state index in [4.69, 9.17) is 0 Å². The fraction of sp³-hybridized carbons (Fsp3) is 1.00. The molecule has 1 N–H and O–H groups in total. The lowest BCUT2D eigenvalue weighted by Gasteiger charge is -2.48. The zero-order valence-corrected chi connectivity index (χ0v) is 11.8. The van der Waals surface area contributed by atoms with Crippen molar-refractivity contribution in [2.75, 3.05) is 13.1 Å². The molecule has 0 aromatic carbocycles. The number of rotatable bonds is 4. The van der Waals surface area contributed by atoms with Crippen LogP contribution in [0.2, 0.25) is 0 Å². The Kier molecular flexibility index (Phi) is 4.14. The number of aliphatic hydroxyl groups is 1. The highest BCUT2D eigenvalue weighted by molar-refractivity contribution is 4.93. The van der Waals surface area contributed by atoms with Crippen LogP contribution in [0.15, 0.2) is 0 Å². The lowest BCUT2D eigenvalue weighted by molar-refractivity contribution is -0.0197. The molecule has 0 heterocycles. The van der Waals surface area contributed by atoms with Gasteiger partial charge >= 0.3 is 0 Å². The van der Waals surface area contributed by atoms with Crippen molar-refractivity contribution in [1.82, 2.24) is 4.90 Å². The predicted octanol–water partition coefficient (Wildman–Crippen LogP) is 3.05. The molecule has 0 aliphatic heterocycles. The van der Waals surface area contributed by atoms with E-state index < -0.39 is 0 Å². The Morgan fingerprint density at radius 2 is 1.94 bits per heavy atom. The van der Waals surface area contributed by atoms with Gasteiger partial charge in [0.05, 0.1) is 6.10 Å². The first-order valence-corrected chi connectivity index (χ1v) is 7.45. The second kappa shape index (κ2) is 5.27. The van der Waals surface area contributed by atoms with Crippen LogP contribution >= 0.6 is 0 Å². The molecule has 0 amide bonds. The predicted molar refractivity (Wildman–Crippen MR) is 72.0 cm³/mol. The minimum atomic E-state index is -0.0662. The Bertz CT molecular complexity index is 247. The van der Waals surface area contributed by atoms with Crippen LogP contribution in [-0.4, -0.2) is 35.2 Å². The summed E-state index contributed by atoms with van der Waals surface area (Å²) in [5.74, 6) is 0.935. The molecule has 0 aromatic rings. The Hall–Kier alpha value is -0.0800. The molecule has 0 aromatic heterocycles. The van der Waals surface area contributed by atoms with Gasteiger partial charge in [0.25, 0.3) is 0 Å². The maximum atomic E-state index is 9.93. The van der Waals surface area contributed by atoms with Crippen molar-refractivity contribution in [1.29, 1.82) is 0 Å². The van der Waals surface area contributed by atoms with Gasteiger partial charge < -0.3 is 5.11 Å². The Morgan fingerprint density at radius 1 is 1.24 bits per heavy atom. The van der Waals surface area contributed by atoms with Crippen molar-refractivity contribution < 1.29 is 5.11 Å². The molecule has 2 fully saturated rings. The van der Waals surface area contributed by atoms with Gasteiger partial charge in [-0.05, 0) is 50.0 Å². The molecular formula is C15H29NO. The fourth-order valence-corrected chi connectivity index (χ4v) is 3.53. The topological polar surface area (TPSA) is 23.5 Å². The number of nitrogens with zero attached hydrogens (tertiary/aromatic N) is 1. The SMILES string of the molecule is CCN(CC1CCC1)C1CC(O)CCC1(C)C. The first-order chi connectivity index (χ1) is 8.03. The summed E-state index contributed by atoms with van der Waals surface area (Å²) in [5.41, 5.74) is 0.374. The third-order valence-corrected chi connectivity index (χ3v) is 5.08. The largest absolute Gasteiger partial charge is 0.393 e. The summed E-state index contributed by atoms with van der Waals surface area (Å²) in [7, 11) is 0. The van der Waals surface area contributed by atoms with Gasteiger partial charge in [-0.15, -0.1) is 0 Å². The second-order valence-corrected chi connectivity index (χ2v) is 6.82. The van der Waals surface area contributed by atoms with E-state index in [2.05, 4.69) is 25.7 Å². The molecule has 2 aliphatic carbocycles. The molecule has 2 nitrogen and oxygen atoms in total. The third-order valence-electron chi connectivity index (χ3n) is 5.08. The highest BCUT2D eigenvalue weighted by Crippen LogP contribution is 2.40. The quantitative estimate of drug-likeness (QED) is 0.815. The second-order valence-electron chi connectivity index (χ2n) is 6.82. The molecule has 100 valence electrons. The Morgan fingerprint density at radius 3 is 2.47 bits per heavy atom. The van der Waals surface area contributed by atoms with Crippen molar-refractivity contribution >= 4 is 0 Å². The van der Waals surface area contributed by atoms with Crippen LogP contribution in [0.1, 0.15) is 59.3 Å². The molecule has 17 heavy (non-hydrogen) atoms. The van der Waals surface area contributed by atoms with E-state index in [-0.39, 0.29) is 6.10 Å². The van der Waals surface area contributed by atoms with Crippen molar-refractivity contribution in [2.24, 2.45) is 11.3 Å². The maximum absolute atomic E-state index is 9.93. The molecule has 2 aliphatic rings. The average molecular weight is 239 g/mol. The van der Waals surface area contributed by atoms with Crippen LogP contribution in [-0.2, 0) is 0 Å². The van der Waals surface area contributed by atoms with Crippen molar-refractivity contribution in [3.8, 4) is 0 Å². The smallest absolute Gasteiger partial charge is 0.0555 e. The Balaban J connectivity index is 1.99. The maximum Gasteiger partial charge on any atom is 0.0555 e. The molecule has 2 unspecified atom stereocenters. The molecular weight excluding hydrogens is 210 g/mol. The normalized spacial score (nSPS) is 33.7. The first kappa shape index (κ1) is 13.4. The first-order valence-electron chi connectivity index (χ1n) is 7.45. The minimum Gasteiger partial charge on any atom is -0.393 e. The van der Waals surface area contributed by atoms with Crippen LogP contribution < -0.4 is 0 Å². The lowest BCUT2D eigenvalue weighted by atomic mass is 9.71.